The third-order valence-electron chi connectivity index (χ3n) is 4.21. The molecule has 0 bridgehead atoms. The Hall–Kier alpha value is -3.10. The van der Waals surface area contributed by atoms with Crippen LogP contribution in [0.4, 0.5) is 5.69 Å². The van der Waals surface area contributed by atoms with Crippen molar-refractivity contribution in [3.05, 3.63) is 84.9 Å². The van der Waals surface area contributed by atoms with Crippen molar-refractivity contribution >= 4 is 35.1 Å². The van der Waals surface area contributed by atoms with E-state index in [0.29, 0.717) is 5.16 Å². The number of hydrogen-bond acceptors (Lipinski definition) is 6. The summed E-state index contributed by atoms with van der Waals surface area (Å²) in [6.45, 7) is 1.84. The van der Waals surface area contributed by atoms with Crippen LogP contribution in [0.15, 0.2) is 99.9 Å². The van der Waals surface area contributed by atoms with Crippen molar-refractivity contribution in [3.8, 4) is 5.69 Å². The second-order valence-corrected chi connectivity index (χ2v) is 8.79. The SMILES string of the molecule is CC(Sc1nnnn1-c1ccccc1)C(=O)Nc1ccccc1Sc1ccccc1. The van der Waals surface area contributed by atoms with E-state index in [0.717, 1.165) is 21.2 Å². The van der Waals surface area contributed by atoms with Gasteiger partial charge in [-0.05, 0) is 53.7 Å². The number of nitrogens with zero attached hydrogens (tertiary/aromatic N) is 4. The van der Waals surface area contributed by atoms with Gasteiger partial charge in [-0.2, -0.15) is 4.68 Å². The van der Waals surface area contributed by atoms with Gasteiger partial charge in [0, 0.05) is 9.79 Å². The molecule has 1 N–H and O–H groups in total. The van der Waals surface area contributed by atoms with Crippen LogP contribution < -0.4 is 5.32 Å². The van der Waals surface area contributed by atoms with Crippen LogP contribution in [0.3, 0.4) is 0 Å². The van der Waals surface area contributed by atoms with Gasteiger partial charge in [0.15, 0.2) is 0 Å². The molecule has 0 saturated carbocycles. The van der Waals surface area contributed by atoms with Crippen LogP contribution in [-0.2, 0) is 4.79 Å². The van der Waals surface area contributed by atoms with Crippen molar-refractivity contribution < 1.29 is 4.79 Å². The molecule has 8 heteroatoms. The predicted molar refractivity (Wildman–Crippen MR) is 120 cm³/mol. The van der Waals surface area contributed by atoms with Crippen molar-refractivity contribution in [3.63, 3.8) is 0 Å². The van der Waals surface area contributed by atoms with Crippen molar-refractivity contribution in [1.82, 2.24) is 20.2 Å². The third-order valence-corrected chi connectivity index (χ3v) is 6.33. The Balaban J connectivity index is 1.46. The number of carbonyl (C=O) groups is 1. The van der Waals surface area contributed by atoms with E-state index in [1.165, 1.54) is 11.8 Å². The number of tetrazole rings is 1. The van der Waals surface area contributed by atoms with Crippen molar-refractivity contribution in [2.24, 2.45) is 0 Å². The number of anilines is 1. The van der Waals surface area contributed by atoms with Gasteiger partial charge in [-0.15, -0.1) is 5.10 Å². The minimum absolute atomic E-state index is 0.108. The van der Waals surface area contributed by atoms with E-state index in [4.69, 9.17) is 0 Å². The molecule has 0 radical (unpaired) electrons. The largest absolute Gasteiger partial charge is 0.324 e. The summed E-state index contributed by atoms with van der Waals surface area (Å²) in [5.41, 5.74) is 1.63. The smallest absolute Gasteiger partial charge is 0.237 e. The fourth-order valence-corrected chi connectivity index (χ4v) is 4.43. The maximum absolute atomic E-state index is 12.9. The van der Waals surface area contributed by atoms with Crippen molar-refractivity contribution in [2.75, 3.05) is 5.32 Å². The molecule has 0 fully saturated rings. The Morgan fingerprint density at radius 1 is 0.933 bits per heavy atom. The summed E-state index contributed by atoms with van der Waals surface area (Å²) < 4.78 is 1.63. The highest BCUT2D eigenvalue weighted by Crippen LogP contribution is 2.33. The molecule has 1 unspecified atom stereocenters. The minimum Gasteiger partial charge on any atom is -0.324 e. The third kappa shape index (κ3) is 4.90. The average molecular weight is 434 g/mol. The molecule has 0 saturated heterocycles. The van der Waals surface area contributed by atoms with E-state index in [2.05, 4.69) is 20.8 Å². The Kier molecular flexibility index (Phi) is 6.46. The molecule has 1 aromatic heterocycles. The Morgan fingerprint density at radius 3 is 2.37 bits per heavy atom. The summed E-state index contributed by atoms with van der Waals surface area (Å²) in [6, 6.07) is 27.5. The van der Waals surface area contributed by atoms with Gasteiger partial charge in [0.2, 0.25) is 11.1 Å². The Labute approximate surface area is 183 Å². The quantitative estimate of drug-likeness (QED) is 0.417. The summed E-state index contributed by atoms with van der Waals surface area (Å²) >= 11 is 2.93. The number of benzene rings is 3. The van der Waals surface area contributed by atoms with E-state index < -0.39 is 0 Å². The number of nitrogens with one attached hydrogen (secondary N) is 1. The first-order valence-corrected chi connectivity index (χ1v) is 11.0. The lowest BCUT2D eigenvalue weighted by molar-refractivity contribution is -0.115. The monoisotopic (exact) mass is 433 g/mol. The number of para-hydroxylation sites is 2. The number of amides is 1. The maximum atomic E-state index is 12.9. The lowest BCUT2D eigenvalue weighted by atomic mass is 10.3. The summed E-state index contributed by atoms with van der Waals surface area (Å²) in [5.74, 6) is -0.108. The van der Waals surface area contributed by atoms with Crippen molar-refractivity contribution in [1.29, 1.82) is 0 Å². The Bertz CT molecular complexity index is 1120. The average Bonchev–Trinajstić information content (AvgIpc) is 3.24. The normalized spacial score (nSPS) is 11.8. The molecule has 0 aliphatic rings. The highest BCUT2D eigenvalue weighted by molar-refractivity contribution is 8.00. The molecule has 0 aliphatic carbocycles. The summed E-state index contributed by atoms with van der Waals surface area (Å²) in [4.78, 5) is 15.0. The van der Waals surface area contributed by atoms with Gasteiger partial charge in [0.25, 0.3) is 0 Å². The zero-order chi connectivity index (χ0) is 20.8. The van der Waals surface area contributed by atoms with E-state index in [9.17, 15) is 4.79 Å². The van der Waals surface area contributed by atoms with Gasteiger partial charge in [-0.25, -0.2) is 0 Å². The van der Waals surface area contributed by atoms with E-state index >= 15 is 0 Å². The highest BCUT2D eigenvalue weighted by atomic mass is 32.2. The van der Waals surface area contributed by atoms with E-state index in [-0.39, 0.29) is 11.2 Å². The lowest BCUT2D eigenvalue weighted by Crippen LogP contribution is -2.23. The van der Waals surface area contributed by atoms with Gasteiger partial charge in [-0.3, -0.25) is 4.79 Å². The summed E-state index contributed by atoms with van der Waals surface area (Å²) in [7, 11) is 0. The topological polar surface area (TPSA) is 72.7 Å². The van der Waals surface area contributed by atoms with Crippen LogP contribution in [0.1, 0.15) is 6.92 Å². The first-order chi connectivity index (χ1) is 14.7. The number of hydrogen-bond donors (Lipinski definition) is 1. The molecule has 30 heavy (non-hydrogen) atoms. The van der Waals surface area contributed by atoms with Gasteiger partial charge < -0.3 is 5.32 Å². The zero-order valence-corrected chi connectivity index (χ0v) is 17.8. The molecule has 4 aromatic rings. The molecule has 150 valence electrons. The van der Waals surface area contributed by atoms with E-state index in [1.807, 2.05) is 91.9 Å². The second kappa shape index (κ2) is 9.60. The highest BCUT2D eigenvalue weighted by Gasteiger charge is 2.20. The fraction of sp³-hybridized carbons (Fsp3) is 0.0909. The first-order valence-electron chi connectivity index (χ1n) is 9.34. The molecule has 0 aliphatic heterocycles. The number of rotatable bonds is 7. The number of carbonyl (C=O) groups excluding carboxylic acids is 1. The predicted octanol–water partition coefficient (Wildman–Crippen LogP) is 4.93. The van der Waals surface area contributed by atoms with Crippen LogP contribution in [0.2, 0.25) is 0 Å². The lowest BCUT2D eigenvalue weighted by Gasteiger charge is -2.14. The Morgan fingerprint density at radius 2 is 1.60 bits per heavy atom. The van der Waals surface area contributed by atoms with Gasteiger partial charge >= 0.3 is 0 Å². The molecule has 1 heterocycles. The summed E-state index contributed by atoms with van der Waals surface area (Å²) in [6.07, 6.45) is 0. The molecule has 1 atom stereocenters. The van der Waals surface area contributed by atoms with Gasteiger partial charge in [0.1, 0.15) is 0 Å². The molecule has 3 aromatic carbocycles. The molecule has 4 rings (SSSR count). The second-order valence-electron chi connectivity index (χ2n) is 6.37. The number of aromatic nitrogens is 4. The molecular formula is C22H19N5OS2. The van der Waals surface area contributed by atoms with Crippen LogP contribution in [0.5, 0.6) is 0 Å². The molecule has 6 nitrogen and oxygen atoms in total. The molecule has 1 amide bonds. The van der Waals surface area contributed by atoms with Gasteiger partial charge in [-0.1, -0.05) is 72.1 Å². The summed E-state index contributed by atoms with van der Waals surface area (Å²) in [5, 5.41) is 15.1. The van der Waals surface area contributed by atoms with Gasteiger partial charge in [0.05, 0.1) is 16.6 Å². The molecular weight excluding hydrogens is 414 g/mol. The molecule has 0 spiro atoms. The first kappa shape index (κ1) is 20.2. The van der Waals surface area contributed by atoms with Crippen molar-refractivity contribution in [2.45, 2.75) is 27.1 Å². The van der Waals surface area contributed by atoms with Crippen LogP contribution in [0, 0.1) is 0 Å². The maximum Gasteiger partial charge on any atom is 0.237 e. The van der Waals surface area contributed by atoms with E-state index in [1.54, 1.807) is 16.4 Å². The van der Waals surface area contributed by atoms with Crippen LogP contribution in [0.25, 0.3) is 5.69 Å². The number of thioether (sulfide) groups is 1. The van der Waals surface area contributed by atoms with Crippen LogP contribution in [-0.4, -0.2) is 31.4 Å². The fourth-order valence-electron chi connectivity index (χ4n) is 2.70. The minimum atomic E-state index is -0.381. The van der Waals surface area contributed by atoms with Crippen LogP contribution >= 0.6 is 23.5 Å². The standard InChI is InChI=1S/C22H19N5OS2/c1-16(29-22-24-25-26-27(22)17-10-4-2-5-11-17)21(28)23-19-14-8-9-15-20(19)30-18-12-6-3-7-13-18/h2-16H,1H3,(H,23,28). The zero-order valence-electron chi connectivity index (χ0n) is 16.2.